The highest BCUT2D eigenvalue weighted by Crippen LogP contribution is 2.18. The lowest BCUT2D eigenvalue weighted by Crippen LogP contribution is -2.26. The minimum atomic E-state index is 0.717. The third-order valence-corrected chi connectivity index (χ3v) is 3.28. The number of nitrogens with one attached hydrogen (secondary N) is 1. The molecule has 0 saturated carbocycles. The van der Waals surface area contributed by atoms with Gasteiger partial charge in [0, 0.05) is 19.1 Å². The van der Waals surface area contributed by atoms with Crippen molar-refractivity contribution < 1.29 is 0 Å². The summed E-state index contributed by atoms with van der Waals surface area (Å²) < 4.78 is 0. The molecule has 0 aliphatic carbocycles. The molecule has 0 radical (unpaired) electrons. The summed E-state index contributed by atoms with van der Waals surface area (Å²) in [7, 11) is 1.96. The van der Waals surface area contributed by atoms with Crippen LogP contribution in [0.15, 0.2) is 18.2 Å². The zero-order valence-electron chi connectivity index (χ0n) is 10.2. The van der Waals surface area contributed by atoms with Gasteiger partial charge in [-0.25, -0.2) is 0 Å². The van der Waals surface area contributed by atoms with Crippen LogP contribution in [-0.2, 0) is 13.1 Å². The third-order valence-electron chi connectivity index (χ3n) is 3.28. The first-order chi connectivity index (χ1) is 7.79. The molecular weight excluding hydrogens is 198 g/mol. The van der Waals surface area contributed by atoms with Gasteiger partial charge in [-0.2, -0.15) is 0 Å². The van der Waals surface area contributed by atoms with Crippen molar-refractivity contribution in [3.8, 4) is 0 Å². The van der Waals surface area contributed by atoms with Crippen LogP contribution >= 0.6 is 0 Å². The van der Waals surface area contributed by atoms with Gasteiger partial charge in [0.15, 0.2) is 0 Å². The standard InChI is InChI=1S/C13H21N3/c1-11-5-4-8-16(11)10-13-7-3-6-12(15-13)9-14-2/h3,6-7,11,14H,4-5,8-10H2,1-2H3. The van der Waals surface area contributed by atoms with Gasteiger partial charge in [-0.15, -0.1) is 0 Å². The first-order valence-electron chi connectivity index (χ1n) is 6.13. The van der Waals surface area contributed by atoms with Crippen molar-refractivity contribution >= 4 is 0 Å². The van der Waals surface area contributed by atoms with Crippen LogP contribution in [0, 0.1) is 0 Å². The predicted octanol–water partition coefficient (Wildman–Crippen LogP) is 1.79. The van der Waals surface area contributed by atoms with Crippen LogP contribution in [0.3, 0.4) is 0 Å². The summed E-state index contributed by atoms with van der Waals surface area (Å²) in [5, 5.41) is 3.14. The molecule has 0 aromatic carbocycles. The van der Waals surface area contributed by atoms with Gasteiger partial charge >= 0.3 is 0 Å². The van der Waals surface area contributed by atoms with E-state index in [4.69, 9.17) is 0 Å². The summed E-state index contributed by atoms with van der Waals surface area (Å²) >= 11 is 0. The molecule has 3 nitrogen and oxygen atoms in total. The van der Waals surface area contributed by atoms with Gasteiger partial charge in [-0.3, -0.25) is 9.88 Å². The second-order valence-corrected chi connectivity index (χ2v) is 4.61. The van der Waals surface area contributed by atoms with E-state index in [1.54, 1.807) is 0 Å². The lowest BCUT2D eigenvalue weighted by Gasteiger charge is -2.20. The number of aromatic nitrogens is 1. The summed E-state index contributed by atoms with van der Waals surface area (Å²) in [6.45, 7) is 5.38. The van der Waals surface area contributed by atoms with Crippen molar-refractivity contribution in [2.75, 3.05) is 13.6 Å². The Morgan fingerprint density at radius 3 is 2.94 bits per heavy atom. The summed E-state index contributed by atoms with van der Waals surface area (Å²) in [4.78, 5) is 7.18. The van der Waals surface area contributed by atoms with Crippen LogP contribution in [-0.4, -0.2) is 29.5 Å². The molecule has 16 heavy (non-hydrogen) atoms. The fraction of sp³-hybridized carbons (Fsp3) is 0.615. The molecule has 1 aromatic rings. The second-order valence-electron chi connectivity index (χ2n) is 4.61. The van der Waals surface area contributed by atoms with Crippen LogP contribution in [0.1, 0.15) is 31.2 Å². The Labute approximate surface area is 97.9 Å². The Kier molecular flexibility index (Phi) is 3.91. The summed E-state index contributed by atoms with van der Waals surface area (Å²) in [6, 6.07) is 7.03. The van der Waals surface area contributed by atoms with Crippen molar-refractivity contribution in [2.24, 2.45) is 0 Å². The molecule has 1 unspecified atom stereocenters. The van der Waals surface area contributed by atoms with Gasteiger partial charge < -0.3 is 5.32 Å². The van der Waals surface area contributed by atoms with E-state index in [2.05, 4.69) is 40.3 Å². The molecule has 1 aliphatic heterocycles. The fourth-order valence-electron chi connectivity index (χ4n) is 2.33. The van der Waals surface area contributed by atoms with E-state index in [1.165, 1.54) is 25.1 Å². The Balaban J connectivity index is 2.00. The highest BCUT2D eigenvalue weighted by Gasteiger charge is 2.20. The highest BCUT2D eigenvalue weighted by atomic mass is 15.2. The van der Waals surface area contributed by atoms with E-state index in [0.29, 0.717) is 0 Å². The van der Waals surface area contributed by atoms with Gasteiger partial charge in [0.25, 0.3) is 0 Å². The van der Waals surface area contributed by atoms with Crippen molar-refractivity contribution in [1.82, 2.24) is 15.2 Å². The average molecular weight is 219 g/mol. The lowest BCUT2D eigenvalue weighted by atomic mass is 10.2. The van der Waals surface area contributed by atoms with Gasteiger partial charge in [-0.05, 0) is 45.5 Å². The third kappa shape index (κ3) is 2.80. The van der Waals surface area contributed by atoms with E-state index < -0.39 is 0 Å². The second kappa shape index (κ2) is 5.41. The summed E-state index contributed by atoms with van der Waals surface area (Å²) in [6.07, 6.45) is 2.66. The SMILES string of the molecule is CNCc1cccc(CN2CCCC2C)n1. The quantitative estimate of drug-likeness (QED) is 0.836. The smallest absolute Gasteiger partial charge is 0.0547 e. The average Bonchev–Trinajstić information content (AvgIpc) is 2.66. The number of nitrogens with zero attached hydrogens (tertiary/aromatic N) is 2. The van der Waals surface area contributed by atoms with Crippen LogP contribution in [0.2, 0.25) is 0 Å². The van der Waals surface area contributed by atoms with Gasteiger partial charge in [0.1, 0.15) is 0 Å². The number of likely N-dealkylation sites (tertiary alicyclic amines) is 1. The Hall–Kier alpha value is -0.930. The van der Waals surface area contributed by atoms with E-state index in [1.807, 2.05) is 7.05 Å². The van der Waals surface area contributed by atoms with Gasteiger partial charge in [0.2, 0.25) is 0 Å². The number of rotatable bonds is 4. The molecule has 2 heterocycles. The van der Waals surface area contributed by atoms with Crippen molar-refractivity contribution in [3.05, 3.63) is 29.6 Å². The van der Waals surface area contributed by atoms with E-state index in [9.17, 15) is 0 Å². The number of hydrogen-bond donors (Lipinski definition) is 1. The molecule has 0 bridgehead atoms. The zero-order valence-corrected chi connectivity index (χ0v) is 10.2. The van der Waals surface area contributed by atoms with Crippen LogP contribution in [0.5, 0.6) is 0 Å². The van der Waals surface area contributed by atoms with Crippen LogP contribution < -0.4 is 5.32 Å². The molecule has 1 aromatic heterocycles. The summed E-state index contributed by atoms with van der Waals surface area (Å²) in [5.41, 5.74) is 2.33. The molecule has 1 atom stereocenters. The van der Waals surface area contributed by atoms with Crippen LogP contribution in [0.25, 0.3) is 0 Å². The molecule has 0 amide bonds. The maximum atomic E-state index is 4.66. The van der Waals surface area contributed by atoms with Gasteiger partial charge in [-0.1, -0.05) is 6.07 Å². The fourth-order valence-corrected chi connectivity index (χ4v) is 2.33. The Bertz CT molecular complexity index is 338. The minimum Gasteiger partial charge on any atom is -0.314 e. The maximum Gasteiger partial charge on any atom is 0.0547 e. The number of pyridine rings is 1. The monoisotopic (exact) mass is 219 g/mol. The van der Waals surface area contributed by atoms with E-state index >= 15 is 0 Å². The van der Waals surface area contributed by atoms with Crippen molar-refractivity contribution in [2.45, 2.75) is 38.9 Å². The largest absolute Gasteiger partial charge is 0.314 e. The molecule has 1 saturated heterocycles. The van der Waals surface area contributed by atoms with E-state index in [-0.39, 0.29) is 0 Å². The topological polar surface area (TPSA) is 28.2 Å². The van der Waals surface area contributed by atoms with Crippen LogP contribution in [0.4, 0.5) is 0 Å². The molecule has 1 N–H and O–H groups in total. The molecule has 2 rings (SSSR count). The molecule has 0 spiro atoms. The molecule has 1 aliphatic rings. The zero-order chi connectivity index (χ0) is 11.4. The Morgan fingerprint density at radius 2 is 2.25 bits per heavy atom. The van der Waals surface area contributed by atoms with Gasteiger partial charge in [0.05, 0.1) is 11.4 Å². The van der Waals surface area contributed by atoms with Crippen molar-refractivity contribution in [3.63, 3.8) is 0 Å². The molecule has 3 heteroatoms. The number of hydrogen-bond acceptors (Lipinski definition) is 3. The normalized spacial score (nSPS) is 21.5. The highest BCUT2D eigenvalue weighted by molar-refractivity contribution is 5.11. The Morgan fingerprint density at radius 1 is 1.44 bits per heavy atom. The first-order valence-corrected chi connectivity index (χ1v) is 6.13. The van der Waals surface area contributed by atoms with E-state index in [0.717, 1.165) is 24.8 Å². The van der Waals surface area contributed by atoms with Crippen molar-refractivity contribution in [1.29, 1.82) is 0 Å². The maximum absolute atomic E-state index is 4.66. The molecule has 1 fully saturated rings. The first kappa shape index (κ1) is 11.6. The minimum absolute atomic E-state index is 0.717. The lowest BCUT2D eigenvalue weighted by molar-refractivity contribution is 0.257. The molecule has 88 valence electrons. The predicted molar refractivity (Wildman–Crippen MR) is 66.1 cm³/mol. The molecular formula is C13H21N3. The summed E-state index contributed by atoms with van der Waals surface area (Å²) in [5.74, 6) is 0.